The molecule has 20 heavy (non-hydrogen) atoms. The van der Waals surface area contributed by atoms with Crippen LogP contribution in [-0.4, -0.2) is 40.2 Å². The second-order valence-electron chi connectivity index (χ2n) is 5.16. The van der Waals surface area contributed by atoms with Crippen molar-refractivity contribution in [3.05, 3.63) is 11.9 Å². The Labute approximate surface area is 118 Å². The van der Waals surface area contributed by atoms with E-state index in [0.29, 0.717) is 24.8 Å². The molecule has 0 aliphatic carbocycles. The van der Waals surface area contributed by atoms with Crippen LogP contribution in [0.25, 0.3) is 0 Å². The summed E-state index contributed by atoms with van der Waals surface area (Å²) in [5.41, 5.74) is 0.801. The fourth-order valence-corrected chi connectivity index (χ4v) is 2.80. The summed E-state index contributed by atoms with van der Waals surface area (Å²) in [5.74, 6) is 0.501. The lowest BCUT2D eigenvalue weighted by molar-refractivity contribution is -0.140. The van der Waals surface area contributed by atoms with Crippen molar-refractivity contribution in [1.82, 2.24) is 9.97 Å². The first-order chi connectivity index (χ1) is 9.56. The molecular formula is C14H21N3O3. The molecular weight excluding hydrogens is 258 g/mol. The van der Waals surface area contributed by atoms with Gasteiger partial charge in [-0.15, -0.1) is 0 Å². The first kappa shape index (κ1) is 14.6. The maximum absolute atomic E-state index is 11.6. The Morgan fingerprint density at radius 1 is 1.55 bits per heavy atom. The lowest BCUT2D eigenvalue weighted by Crippen LogP contribution is -2.50. The summed E-state index contributed by atoms with van der Waals surface area (Å²) < 4.78 is 5.47. The average molecular weight is 279 g/mol. The highest BCUT2D eigenvalue weighted by Gasteiger charge is 2.36. The smallest absolute Gasteiger partial charge is 0.326 e. The van der Waals surface area contributed by atoms with E-state index in [1.165, 1.54) is 6.33 Å². The van der Waals surface area contributed by atoms with E-state index in [4.69, 9.17) is 4.74 Å². The van der Waals surface area contributed by atoms with Gasteiger partial charge in [-0.3, -0.25) is 0 Å². The third kappa shape index (κ3) is 2.69. The molecule has 6 heteroatoms. The van der Waals surface area contributed by atoms with Gasteiger partial charge < -0.3 is 14.7 Å². The lowest BCUT2D eigenvalue weighted by Gasteiger charge is -2.38. The van der Waals surface area contributed by atoms with E-state index < -0.39 is 12.0 Å². The fourth-order valence-electron chi connectivity index (χ4n) is 2.80. The van der Waals surface area contributed by atoms with Crippen LogP contribution in [0.2, 0.25) is 0 Å². The zero-order chi connectivity index (χ0) is 14.7. The summed E-state index contributed by atoms with van der Waals surface area (Å²) >= 11 is 0. The number of carboxylic acid groups (broad SMARTS) is 1. The second kappa shape index (κ2) is 6.07. The normalized spacial score (nSPS) is 22.6. The molecule has 2 atom stereocenters. The van der Waals surface area contributed by atoms with Crippen LogP contribution >= 0.6 is 0 Å². The zero-order valence-electron chi connectivity index (χ0n) is 12.2. The molecule has 2 rings (SSSR count). The average Bonchev–Trinajstić information content (AvgIpc) is 2.40. The molecule has 1 aliphatic rings. The van der Waals surface area contributed by atoms with Crippen LogP contribution < -0.4 is 9.64 Å². The van der Waals surface area contributed by atoms with Crippen LogP contribution in [0.5, 0.6) is 5.88 Å². The third-order valence-corrected chi connectivity index (χ3v) is 3.75. The number of carbonyl (C=O) groups is 1. The summed E-state index contributed by atoms with van der Waals surface area (Å²) in [7, 11) is 0. The maximum atomic E-state index is 11.6. The Kier molecular flexibility index (Phi) is 4.42. The Morgan fingerprint density at radius 2 is 2.30 bits per heavy atom. The molecule has 1 aromatic rings. The molecule has 0 amide bonds. The zero-order valence-corrected chi connectivity index (χ0v) is 12.2. The molecule has 1 aromatic heterocycles. The van der Waals surface area contributed by atoms with E-state index in [2.05, 4.69) is 9.97 Å². The number of hydrogen-bond donors (Lipinski definition) is 1. The van der Waals surface area contributed by atoms with Crippen molar-refractivity contribution in [2.45, 2.75) is 39.7 Å². The van der Waals surface area contributed by atoms with E-state index in [0.717, 1.165) is 18.4 Å². The summed E-state index contributed by atoms with van der Waals surface area (Å²) in [6.07, 6.45) is 3.33. The van der Waals surface area contributed by atoms with Gasteiger partial charge in [0.2, 0.25) is 5.88 Å². The van der Waals surface area contributed by atoms with Gasteiger partial charge in [0.1, 0.15) is 18.2 Å². The molecule has 1 saturated heterocycles. The molecule has 0 saturated carbocycles. The molecule has 110 valence electrons. The van der Waals surface area contributed by atoms with Crippen molar-refractivity contribution >= 4 is 11.8 Å². The topological polar surface area (TPSA) is 75.6 Å². The van der Waals surface area contributed by atoms with Crippen LogP contribution in [-0.2, 0) is 4.79 Å². The summed E-state index contributed by atoms with van der Waals surface area (Å²) in [5, 5.41) is 9.49. The van der Waals surface area contributed by atoms with Gasteiger partial charge in [-0.2, -0.15) is 0 Å². The van der Waals surface area contributed by atoms with Crippen LogP contribution in [0.4, 0.5) is 5.82 Å². The highest BCUT2D eigenvalue weighted by Crippen LogP contribution is 2.31. The molecule has 1 aliphatic heterocycles. The highest BCUT2D eigenvalue weighted by molar-refractivity contribution is 5.79. The molecule has 0 spiro atoms. The summed E-state index contributed by atoms with van der Waals surface area (Å²) in [4.78, 5) is 21.8. The molecule has 6 nitrogen and oxygen atoms in total. The van der Waals surface area contributed by atoms with Crippen molar-refractivity contribution in [2.24, 2.45) is 5.92 Å². The van der Waals surface area contributed by atoms with Crippen molar-refractivity contribution in [3.63, 3.8) is 0 Å². The van der Waals surface area contributed by atoms with Gasteiger partial charge >= 0.3 is 5.97 Å². The van der Waals surface area contributed by atoms with Gasteiger partial charge in [0.15, 0.2) is 0 Å². The number of aromatic nitrogens is 2. The largest absolute Gasteiger partial charge is 0.480 e. The van der Waals surface area contributed by atoms with Gasteiger partial charge in [0, 0.05) is 6.54 Å². The first-order valence-corrected chi connectivity index (χ1v) is 7.00. The van der Waals surface area contributed by atoms with Gasteiger partial charge in [0.05, 0.1) is 12.2 Å². The number of anilines is 1. The quantitative estimate of drug-likeness (QED) is 0.907. The second-order valence-corrected chi connectivity index (χ2v) is 5.16. The third-order valence-electron chi connectivity index (χ3n) is 3.75. The van der Waals surface area contributed by atoms with Crippen LogP contribution in [0.1, 0.15) is 32.3 Å². The van der Waals surface area contributed by atoms with Crippen LogP contribution in [0, 0.1) is 12.8 Å². The Morgan fingerprint density at radius 3 is 2.95 bits per heavy atom. The van der Waals surface area contributed by atoms with E-state index in [1.54, 1.807) is 0 Å². The minimum Gasteiger partial charge on any atom is -0.480 e. The molecule has 0 bridgehead atoms. The highest BCUT2D eigenvalue weighted by atomic mass is 16.5. The van der Waals surface area contributed by atoms with Gasteiger partial charge in [-0.25, -0.2) is 14.8 Å². The summed E-state index contributed by atoms with van der Waals surface area (Å²) in [6.45, 7) is 6.97. The Bertz CT molecular complexity index is 493. The molecule has 1 fully saturated rings. The van der Waals surface area contributed by atoms with Gasteiger partial charge in [-0.05, 0) is 32.6 Å². The van der Waals surface area contributed by atoms with Gasteiger partial charge in [0.25, 0.3) is 0 Å². The van der Waals surface area contributed by atoms with Crippen molar-refractivity contribution in [3.8, 4) is 5.88 Å². The number of rotatable bonds is 4. The Balaban J connectivity index is 2.38. The molecule has 2 unspecified atom stereocenters. The van der Waals surface area contributed by atoms with Crippen molar-refractivity contribution < 1.29 is 14.6 Å². The fraction of sp³-hybridized carbons (Fsp3) is 0.643. The minimum absolute atomic E-state index is 0.103. The van der Waals surface area contributed by atoms with E-state index in [9.17, 15) is 9.90 Å². The lowest BCUT2D eigenvalue weighted by atomic mass is 9.90. The predicted octanol–water partition coefficient (Wildman–Crippen LogP) is 1.87. The molecule has 0 aromatic carbocycles. The predicted molar refractivity (Wildman–Crippen MR) is 75.1 cm³/mol. The minimum atomic E-state index is -0.798. The van der Waals surface area contributed by atoms with E-state index >= 15 is 0 Å². The number of nitrogens with zero attached hydrogens (tertiary/aromatic N) is 3. The van der Waals surface area contributed by atoms with Gasteiger partial charge in [-0.1, -0.05) is 6.92 Å². The van der Waals surface area contributed by atoms with Crippen molar-refractivity contribution in [2.75, 3.05) is 18.1 Å². The number of carboxylic acids is 1. The number of aliphatic carboxylic acids is 1. The molecule has 0 radical (unpaired) electrons. The first-order valence-electron chi connectivity index (χ1n) is 7.00. The monoisotopic (exact) mass is 279 g/mol. The standard InChI is InChI=1S/C14H21N3O3/c1-4-20-13-10(3)12(15-8-16-13)17-7-5-6-9(2)11(17)14(18)19/h8-9,11H,4-7H2,1-3H3,(H,18,19). The maximum Gasteiger partial charge on any atom is 0.326 e. The SMILES string of the molecule is CCOc1ncnc(N2CCCC(C)C2C(=O)O)c1C. The molecule has 2 heterocycles. The van der Waals surface area contributed by atoms with Crippen LogP contribution in [0.3, 0.4) is 0 Å². The van der Waals surface area contributed by atoms with Crippen LogP contribution in [0.15, 0.2) is 6.33 Å². The summed E-state index contributed by atoms with van der Waals surface area (Å²) in [6, 6.07) is -0.535. The molecule has 1 N–H and O–H groups in total. The van der Waals surface area contributed by atoms with Crippen molar-refractivity contribution in [1.29, 1.82) is 0 Å². The van der Waals surface area contributed by atoms with E-state index in [-0.39, 0.29) is 5.92 Å². The Hall–Kier alpha value is -1.85. The number of ether oxygens (including phenoxy) is 1. The number of piperidine rings is 1. The van der Waals surface area contributed by atoms with E-state index in [1.807, 2.05) is 25.7 Å². The number of hydrogen-bond acceptors (Lipinski definition) is 5.